The average molecular weight is 392 g/mol. The number of carbonyl (C=O) groups excluding carboxylic acids is 1. The maximum absolute atomic E-state index is 12.3. The number of carbonyl (C=O) groups is 1. The molecular formula is C26H49NO. The Hall–Kier alpha value is -1.05. The minimum absolute atomic E-state index is 0.140. The molecule has 28 heavy (non-hydrogen) atoms. The van der Waals surface area contributed by atoms with Crippen LogP contribution in [0.4, 0.5) is 0 Å². The lowest BCUT2D eigenvalue weighted by Gasteiger charge is -2.44. The number of hydrogen-bond donors (Lipinski definition) is 1. The minimum Gasteiger partial charge on any atom is -0.369 e. The Morgan fingerprint density at radius 3 is 1.43 bits per heavy atom. The van der Waals surface area contributed by atoms with Crippen LogP contribution in [0.2, 0.25) is 0 Å². The van der Waals surface area contributed by atoms with E-state index in [1.807, 2.05) is 12.2 Å². The highest BCUT2D eigenvalue weighted by atomic mass is 16.1. The zero-order chi connectivity index (χ0) is 21.3. The number of rotatable bonds is 20. The molecule has 0 atom stereocenters. The summed E-state index contributed by atoms with van der Waals surface area (Å²) in [5.74, 6) is -0.216. The van der Waals surface area contributed by atoms with Crippen molar-refractivity contribution in [1.29, 1.82) is 0 Å². The van der Waals surface area contributed by atoms with Gasteiger partial charge in [0, 0.05) is 0 Å². The first-order valence-corrected chi connectivity index (χ1v) is 11.9. The first-order valence-electron chi connectivity index (χ1n) is 11.9. The lowest BCUT2D eigenvalue weighted by Crippen LogP contribution is -2.47. The third-order valence-corrected chi connectivity index (χ3v) is 6.66. The molecule has 164 valence electrons. The van der Waals surface area contributed by atoms with Crippen molar-refractivity contribution in [1.82, 2.24) is 0 Å². The van der Waals surface area contributed by atoms with E-state index >= 15 is 0 Å². The smallest absolute Gasteiger partial charge is 0.224 e. The summed E-state index contributed by atoms with van der Waals surface area (Å²) in [5, 5.41) is 0. The molecule has 0 spiro atoms. The molecule has 0 saturated heterocycles. The third kappa shape index (κ3) is 9.94. The quantitative estimate of drug-likeness (QED) is 0.165. The number of hydrogen-bond acceptors (Lipinski definition) is 1. The molecule has 0 unspecified atom stereocenters. The van der Waals surface area contributed by atoms with Crippen molar-refractivity contribution < 1.29 is 4.79 Å². The standard InChI is InChI=1S/C26H49NO/c1-6-9-10-11-12-13-14-15-16-17-18-19-20-23-25(4,5)26(21-7-2,22-8-3)24(27)28/h7-8H,2-3,6,9-23H2,1,4-5H3,(H2,27,28). The van der Waals surface area contributed by atoms with Crippen molar-refractivity contribution in [2.24, 2.45) is 16.6 Å². The van der Waals surface area contributed by atoms with Crippen molar-refractivity contribution in [3.8, 4) is 0 Å². The Morgan fingerprint density at radius 1 is 0.750 bits per heavy atom. The summed E-state index contributed by atoms with van der Waals surface area (Å²) in [5.41, 5.74) is 5.14. The van der Waals surface area contributed by atoms with E-state index in [9.17, 15) is 4.79 Å². The molecule has 0 fully saturated rings. The van der Waals surface area contributed by atoms with E-state index in [0.717, 1.165) is 12.8 Å². The summed E-state index contributed by atoms with van der Waals surface area (Å²) in [6, 6.07) is 0. The van der Waals surface area contributed by atoms with Crippen LogP contribution in [-0.4, -0.2) is 5.91 Å². The predicted molar refractivity (Wildman–Crippen MR) is 125 cm³/mol. The van der Waals surface area contributed by atoms with Crippen molar-refractivity contribution in [2.45, 2.75) is 124 Å². The molecule has 0 aliphatic rings. The number of primary amides is 1. The minimum atomic E-state index is -0.562. The van der Waals surface area contributed by atoms with Gasteiger partial charge in [0.2, 0.25) is 5.91 Å². The molecular weight excluding hydrogens is 342 g/mol. The molecule has 2 N–H and O–H groups in total. The lowest BCUT2D eigenvalue weighted by molar-refractivity contribution is -0.135. The van der Waals surface area contributed by atoms with Gasteiger partial charge in [0.25, 0.3) is 0 Å². The van der Waals surface area contributed by atoms with Crippen LogP contribution in [0.1, 0.15) is 124 Å². The van der Waals surface area contributed by atoms with Crippen molar-refractivity contribution in [3.63, 3.8) is 0 Å². The fourth-order valence-electron chi connectivity index (χ4n) is 4.49. The SMILES string of the molecule is C=CCC(CC=C)(C(N)=O)C(C)(C)CCCCCCCCCCCCCCC. The van der Waals surface area contributed by atoms with Gasteiger partial charge in [-0.2, -0.15) is 0 Å². The Labute approximate surface area is 176 Å². The van der Waals surface area contributed by atoms with Crippen LogP contribution >= 0.6 is 0 Å². The fraction of sp³-hybridized carbons (Fsp3) is 0.808. The molecule has 0 saturated carbocycles. The lowest BCUT2D eigenvalue weighted by atomic mass is 9.59. The largest absolute Gasteiger partial charge is 0.369 e. The topological polar surface area (TPSA) is 43.1 Å². The summed E-state index contributed by atoms with van der Waals surface area (Å²) in [6.07, 6.45) is 23.6. The second kappa shape index (κ2) is 15.8. The molecule has 0 rings (SSSR count). The Balaban J connectivity index is 4.00. The first-order chi connectivity index (χ1) is 13.4. The van der Waals surface area contributed by atoms with Crippen molar-refractivity contribution >= 4 is 5.91 Å². The number of unbranched alkanes of at least 4 members (excludes halogenated alkanes) is 12. The van der Waals surface area contributed by atoms with E-state index in [1.54, 1.807) is 0 Å². The predicted octanol–water partition coefficient (Wildman–Crippen LogP) is 8.12. The molecule has 2 heteroatoms. The fourth-order valence-corrected chi connectivity index (χ4v) is 4.49. The highest BCUT2D eigenvalue weighted by Gasteiger charge is 2.47. The Bertz CT molecular complexity index is 414. The molecule has 0 heterocycles. The normalized spacial score (nSPS) is 12.1. The monoisotopic (exact) mass is 391 g/mol. The van der Waals surface area contributed by atoms with Crippen LogP contribution in [-0.2, 0) is 4.79 Å². The summed E-state index contributed by atoms with van der Waals surface area (Å²) < 4.78 is 0. The third-order valence-electron chi connectivity index (χ3n) is 6.66. The zero-order valence-corrected chi connectivity index (χ0v) is 19.4. The van der Waals surface area contributed by atoms with E-state index < -0.39 is 5.41 Å². The van der Waals surface area contributed by atoms with Gasteiger partial charge in [0.1, 0.15) is 0 Å². The maximum atomic E-state index is 12.3. The van der Waals surface area contributed by atoms with E-state index in [0.29, 0.717) is 12.8 Å². The number of allylic oxidation sites excluding steroid dienone is 2. The summed E-state index contributed by atoms with van der Waals surface area (Å²) in [4.78, 5) is 12.3. The van der Waals surface area contributed by atoms with Gasteiger partial charge in [-0.25, -0.2) is 0 Å². The molecule has 2 nitrogen and oxygen atoms in total. The maximum Gasteiger partial charge on any atom is 0.224 e. The van der Waals surface area contributed by atoms with Gasteiger partial charge in [-0.1, -0.05) is 116 Å². The van der Waals surface area contributed by atoms with E-state index in [1.165, 1.54) is 77.0 Å². The van der Waals surface area contributed by atoms with Crippen LogP contribution in [0.25, 0.3) is 0 Å². The molecule has 0 aromatic carbocycles. The molecule has 0 radical (unpaired) electrons. The second-order valence-corrected chi connectivity index (χ2v) is 9.31. The van der Waals surface area contributed by atoms with Crippen LogP contribution < -0.4 is 5.73 Å². The van der Waals surface area contributed by atoms with E-state index in [-0.39, 0.29) is 11.3 Å². The molecule has 0 aromatic heterocycles. The van der Waals surface area contributed by atoms with E-state index in [2.05, 4.69) is 33.9 Å². The molecule has 0 aromatic rings. The van der Waals surface area contributed by atoms with Crippen LogP contribution in [0.5, 0.6) is 0 Å². The summed E-state index contributed by atoms with van der Waals surface area (Å²) in [6.45, 7) is 14.3. The van der Waals surface area contributed by atoms with Gasteiger partial charge in [-0.05, 0) is 24.7 Å². The van der Waals surface area contributed by atoms with Gasteiger partial charge >= 0.3 is 0 Å². The van der Waals surface area contributed by atoms with Crippen LogP contribution in [0.15, 0.2) is 25.3 Å². The van der Waals surface area contributed by atoms with Gasteiger partial charge in [-0.3, -0.25) is 4.79 Å². The summed E-state index contributed by atoms with van der Waals surface area (Å²) in [7, 11) is 0. The molecule has 1 amide bonds. The van der Waals surface area contributed by atoms with Crippen molar-refractivity contribution in [3.05, 3.63) is 25.3 Å². The first kappa shape index (κ1) is 27.0. The van der Waals surface area contributed by atoms with Crippen LogP contribution in [0, 0.1) is 10.8 Å². The second-order valence-electron chi connectivity index (χ2n) is 9.31. The average Bonchev–Trinajstić information content (AvgIpc) is 2.64. The molecule has 0 aliphatic heterocycles. The van der Waals surface area contributed by atoms with Gasteiger partial charge in [0.15, 0.2) is 0 Å². The highest BCUT2D eigenvalue weighted by molar-refractivity contribution is 5.82. The van der Waals surface area contributed by atoms with Gasteiger partial charge in [-0.15, -0.1) is 13.2 Å². The van der Waals surface area contributed by atoms with Crippen molar-refractivity contribution in [2.75, 3.05) is 0 Å². The number of amides is 1. The van der Waals surface area contributed by atoms with E-state index in [4.69, 9.17) is 5.73 Å². The summed E-state index contributed by atoms with van der Waals surface area (Å²) >= 11 is 0. The van der Waals surface area contributed by atoms with Crippen LogP contribution in [0.3, 0.4) is 0 Å². The molecule has 0 aliphatic carbocycles. The molecule has 0 bridgehead atoms. The highest BCUT2D eigenvalue weighted by Crippen LogP contribution is 2.48. The zero-order valence-electron chi connectivity index (χ0n) is 19.4. The van der Waals surface area contributed by atoms with Gasteiger partial charge < -0.3 is 5.73 Å². The number of nitrogens with two attached hydrogens (primary N) is 1. The Morgan fingerprint density at radius 2 is 1.11 bits per heavy atom. The Kier molecular flexibility index (Phi) is 15.2. The van der Waals surface area contributed by atoms with Gasteiger partial charge in [0.05, 0.1) is 5.41 Å².